The molecule has 96 valence electrons. The standard InChI is InChI=1S/C15H20N2S/c1-5-16-12(4)14-9-18-15(17-14)13-8-6-7-10(2)11(13)3/h6-9,12,16H,5H2,1-4H3. The van der Waals surface area contributed by atoms with E-state index in [0.29, 0.717) is 6.04 Å². The van der Waals surface area contributed by atoms with E-state index >= 15 is 0 Å². The van der Waals surface area contributed by atoms with Gasteiger partial charge in [0.15, 0.2) is 0 Å². The fourth-order valence-corrected chi connectivity index (χ4v) is 3.00. The summed E-state index contributed by atoms with van der Waals surface area (Å²) in [6.07, 6.45) is 0. The van der Waals surface area contributed by atoms with E-state index in [-0.39, 0.29) is 0 Å². The van der Waals surface area contributed by atoms with E-state index in [0.717, 1.165) is 17.2 Å². The van der Waals surface area contributed by atoms with Crippen molar-refractivity contribution in [3.63, 3.8) is 0 Å². The molecule has 1 atom stereocenters. The van der Waals surface area contributed by atoms with Gasteiger partial charge in [-0.1, -0.05) is 25.1 Å². The Bertz CT molecular complexity index is 531. The Labute approximate surface area is 113 Å². The fraction of sp³-hybridized carbons (Fsp3) is 0.400. The first kappa shape index (κ1) is 13.2. The molecular weight excluding hydrogens is 240 g/mol. The zero-order chi connectivity index (χ0) is 13.1. The lowest BCUT2D eigenvalue weighted by Crippen LogP contribution is -2.17. The lowest BCUT2D eigenvalue weighted by molar-refractivity contribution is 0.587. The molecule has 0 aliphatic carbocycles. The number of nitrogens with one attached hydrogen (secondary N) is 1. The Kier molecular flexibility index (Phi) is 4.15. The summed E-state index contributed by atoms with van der Waals surface area (Å²) in [4.78, 5) is 4.76. The van der Waals surface area contributed by atoms with Gasteiger partial charge in [-0.05, 0) is 38.4 Å². The molecule has 0 saturated heterocycles. The third-order valence-electron chi connectivity index (χ3n) is 3.31. The van der Waals surface area contributed by atoms with E-state index < -0.39 is 0 Å². The number of nitrogens with zero attached hydrogens (tertiary/aromatic N) is 1. The molecule has 1 aromatic carbocycles. The quantitative estimate of drug-likeness (QED) is 0.895. The summed E-state index contributed by atoms with van der Waals surface area (Å²) in [5.41, 5.74) is 5.05. The first-order valence-corrected chi connectivity index (χ1v) is 7.26. The second kappa shape index (κ2) is 5.63. The van der Waals surface area contributed by atoms with Crippen LogP contribution in [0.2, 0.25) is 0 Å². The number of benzene rings is 1. The predicted octanol–water partition coefficient (Wildman–Crippen LogP) is 4.10. The summed E-state index contributed by atoms with van der Waals surface area (Å²) >= 11 is 1.73. The highest BCUT2D eigenvalue weighted by molar-refractivity contribution is 7.13. The monoisotopic (exact) mass is 260 g/mol. The van der Waals surface area contributed by atoms with Crippen LogP contribution in [0.5, 0.6) is 0 Å². The fourth-order valence-electron chi connectivity index (χ4n) is 2.00. The Morgan fingerprint density at radius 1 is 1.33 bits per heavy atom. The van der Waals surface area contributed by atoms with Crippen molar-refractivity contribution < 1.29 is 0 Å². The molecule has 1 unspecified atom stereocenters. The Morgan fingerprint density at radius 2 is 2.11 bits per heavy atom. The molecular formula is C15H20N2S. The van der Waals surface area contributed by atoms with E-state index in [9.17, 15) is 0 Å². The van der Waals surface area contributed by atoms with Crippen LogP contribution >= 0.6 is 11.3 Å². The van der Waals surface area contributed by atoms with Crippen LogP contribution in [0.15, 0.2) is 23.6 Å². The maximum atomic E-state index is 4.76. The minimum absolute atomic E-state index is 0.324. The lowest BCUT2D eigenvalue weighted by atomic mass is 10.0. The highest BCUT2D eigenvalue weighted by Crippen LogP contribution is 2.29. The van der Waals surface area contributed by atoms with Crippen molar-refractivity contribution >= 4 is 11.3 Å². The first-order valence-electron chi connectivity index (χ1n) is 6.39. The van der Waals surface area contributed by atoms with Gasteiger partial charge in [-0.15, -0.1) is 11.3 Å². The Morgan fingerprint density at radius 3 is 2.83 bits per heavy atom. The molecule has 2 aromatic rings. The van der Waals surface area contributed by atoms with Crippen LogP contribution in [-0.4, -0.2) is 11.5 Å². The molecule has 0 aliphatic heterocycles. The van der Waals surface area contributed by atoms with Gasteiger partial charge in [0.2, 0.25) is 0 Å². The Balaban J connectivity index is 2.32. The highest BCUT2D eigenvalue weighted by Gasteiger charge is 2.11. The minimum Gasteiger partial charge on any atom is -0.309 e. The molecule has 0 radical (unpaired) electrons. The SMILES string of the molecule is CCNC(C)c1csc(-c2cccc(C)c2C)n1. The maximum Gasteiger partial charge on any atom is 0.123 e. The van der Waals surface area contributed by atoms with Crippen molar-refractivity contribution in [3.8, 4) is 10.6 Å². The van der Waals surface area contributed by atoms with E-state index in [4.69, 9.17) is 4.98 Å². The van der Waals surface area contributed by atoms with Crippen molar-refractivity contribution in [1.29, 1.82) is 0 Å². The van der Waals surface area contributed by atoms with E-state index in [1.165, 1.54) is 16.7 Å². The summed E-state index contributed by atoms with van der Waals surface area (Å²) in [5, 5.41) is 6.68. The number of hydrogen-bond acceptors (Lipinski definition) is 3. The summed E-state index contributed by atoms with van der Waals surface area (Å²) < 4.78 is 0. The summed E-state index contributed by atoms with van der Waals surface area (Å²) in [7, 11) is 0. The van der Waals surface area contributed by atoms with Crippen LogP contribution in [0.25, 0.3) is 10.6 Å². The van der Waals surface area contributed by atoms with E-state index in [1.54, 1.807) is 11.3 Å². The smallest absolute Gasteiger partial charge is 0.123 e. The molecule has 2 rings (SSSR count). The molecule has 0 aliphatic rings. The van der Waals surface area contributed by atoms with Crippen molar-refractivity contribution in [3.05, 3.63) is 40.4 Å². The molecule has 0 spiro atoms. The topological polar surface area (TPSA) is 24.9 Å². The zero-order valence-corrected chi connectivity index (χ0v) is 12.3. The van der Waals surface area contributed by atoms with Crippen molar-refractivity contribution in [2.45, 2.75) is 33.7 Å². The number of thiazole rings is 1. The van der Waals surface area contributed by atoms with E-state index in [1.807, 2.05) is 0 Å². The molecule has 1 heterocycles. The van der Waals surface area contributed by atoms with Crippen LogP contribution in [0.1, 0.15) is 36.7 Å². The third kappa shape index (κ3) is 2.62. The average Bonchev–Trinajstić information content (AvgIpc) is 2.82. The van der Waals surface area contributed by atoms with Gasteiger partial charge in [0, 0.05) is 17.0 Å². The molecule has 1 aromatic heterocycles. The minimum atomic E-state index is 0.324. The number of hydrogen-bond donors (Lipinski definition) is 1. The van der Waals surface area contributed by atoms with Gasteiger partial charge >= 0.3 is 0 Å². The van der Waals surface area contributed by atoms with Crippen molar-refractivity contribution in [2.75, 3.05) is 6.54 Å². The largest absolute Gasteiger partial charge is 0.309 e. The number of rotatable bonds is 4. The van der Waals surface area contributed by atoms with Gasteiger partial charge < -0.3 is 5.32 Å². The Hall–Kier alpha value is -1.19. The van der Waals surface area contributed by atoms with Crippen LogP contribution in [-0.2, 0) is 0 Å². The summed E-state index contributed by atoms with van der Waals surface area (Å²) in [5.74, 6) is 0. The van der Waals surface area contributed by atoms with Gasteiger partial charge in [0.05, 0.1) is 5.69 Å². The summed E-state index contributed by atoms with van der Waals surface area (Å²) in [6.45, 7) is 9.56. The van der Waals surface area contributed by atoms with Gasteiger partial charge in [-0.2, -0.15) is 0 Å². The molecule has 0 bridgehead atoms. The van der Waals surface area contributed by atoms with Gasteiger partial charge in [0.25, 0.3) is 0 Å². The average molecular weight is 260 g/mol. The molecule has 1 N–H and O–H groups in total. The maximum absolute atomic E-state index is 4.76. The number of aromatic nitrogens is 1. The van der Waals surface area contributed by atoms with Crippen molar-refractivity contribution in [1.82, 2.24) is 10.3 Å². The third-order valence-corrected chi connectivity index (χ3v) is 4.20. The van der Waals surface area contributed by atoms with Gasteiger partial charge in [0.1, 0.15) is 5.01 Å². The zero-order valence-electron chi connectivity index (χ0n) is 11.4. The number of aryl methyl sites for hydroxylation is 1. The van der Waals surface area contributed by atoms with Crippen molar-refractivity contribution in [2.24, 2.45) is 0 Å². The van der Waals surface area contributed by atoms with Crippen LogP contribution < -0.4 is 5.32 Å². The second-order valence-corrected chi connectivity index (χ2v) is 5.46. The molecule has 3 heteroatoms. The lowest BCUT2D eigenvalue weighted by Gasteiger charge is -2.09. The predicted molar refractivity (Wildman–Crippen MR) is 79.1 cm³/mol. The second-order valence-electron chi connectivity index (χ2n) is 4.60. The van der Waals surface area contributed by atoms with Crippen LogP contribution in [0.3, 0.4) is 0 Å². The highest BCUT2D eigenvalue weighted by atomic mass is 32.1. The molecule has 18 heavy (non-hydrogen) atoms. The molecule has 0 saturated carbocycles. The van der Waals surface area contributed by atoms with Gasteiger partial charge in [-0.3, -0.25) is 0 Å². The van der Waals surface area contributed by atoms with Crippen LogP contribution in [0, 0.1) is 13.8 Å². The van der Waals surface area contributed by atoms with E-state index in [2.05, 4.69) is 56.6 Å². The summed E-state index contributed by atoms with van der Waals surface area (Å²) in [6, 6.07) is 6.73. The first-order chi connectivity index (χ1) is 8.63. The normalized spacial score (nSPS) is 12.7. The van der Waals surface area contributed by atoms with Gasteiger partial charge in [-0.25, -0.2) is 4.98 Å². The van der Waals surface area contributed by atoms with Crippen LogP contribution in [0.4, 0.5) is 0 Å². The molecule has 0 amide bonds. The molecule has 0 fully saturated rings. The molecule has 2 nitrogen and oxygen atoms in total.